The van der Waals surface area contributed by atoms with Gasteiger partial charge in [0.15, 0.2) is 0 Å². The zero-order valence-electron chi connectivity index (χ0n) is 16.5. The van der Waals surface area contributed by atoms with Crippen molar-refractivity contribution in [3.8, 4) is 11.3 Å². The van der Waals surface area contributed by atoms with Crippen molar-refractivity contribution in [1.29, 1.82) is 0 Å². The first-order valence-electron chi connectivity index (χ1n) is 9.80. The van der Waals surface area contributed by atoms with Gasteiger partial charge in [0.2, 0.25) is 0 Å². The molecule has 1 aliphatic heterocycles. The first kappa shape index (κ1) is 19.2. The quantitative estimate of drug-likeness (QED) is 0.693. The highest BCUT2D eigenvalue weighted by Crippen LogP contribution is 2.28. The molecule has 150 valence electrons. The summed E-state index contributed by atoms with van der Waals surface area (Å²) in [5.74, 6) is 0.508. The second-order valence-corrected chi connectivity index (χ2v) is 7.84. The first-order valence-corrected chi connectivity index (χ1v) is 9.80. The van der Waals surface area contributed by atoms with E-state index in [1.54, 1.807) is 12.1 Å². The van der Waals surface area contributed by atoms with E-state index in [1.807, 2.05) is 30.3 Å². The molecule has 0 radical (unpaired) electrons. The average Bonchev–Trinajstić information content (AvgIpc) is 3.08. The van der Waals surface area contributed by atoms with Crippen molar-refractivity contribution >= 4 is 22.6 Å². The molecule has 1 amide bonds. The number of fused-ring (bicyclic) bond motifs is 1. The Morgan fingerprint density at radius 3 is 2.69 bits per heavy atom. The van der Waals surface area contributed by atoms with Crippen molar-refractivity contribution in [2.75, 3.05) is 18.1 Å². The number of benzene rings is 2. The van der Waals surface area contributed by atoms with Crippen LogP contribution in [-0.4, -0.2) is 35.4 Å². The average molecular weight is 392 g/mol. The van der Waals surface area contributed by atoms with E-state index in [1.165, 1.54) is 10.5 Å². The number of aliphatic hydroxyl groups excluding tert-OH is 1. The van der Waals surface area contributed by atoms with Crippen LogP contribution in [0.5, 0.6) is 0 Å². The van der Waals surface area contributed by atoms with Gasteiger partial charge in [-0.3, -0.25) is 9.69 Å². The lowest BCUT2D eigenvalue weighted by atomic mass is 9.95. The monoisotopic (exact) mass is 392 g/mol. The summed E-state index contributed by atoms with van der Waals surface area (Å²) in [4.78, 5) is 29.3. The molecule has 2 heterocycles. The van der Waals surface area contributed by atoms with E-state index in [9.17, 15) is 14.7 Å². The summed E-state index contributed by atoms with van der Waals surface area (Å²) in [5, 5.41) is 10.5. The molecule has 6 heteroatoms. The van der Waals surface area contributed by atoms with Gasteiger partial charge in [-0.25, -0.2) is 4.79 Å². The molecule has 1 saturated heterocycles. The maximum Gasteiger partial charge on any atom is 0.414 e. The molecule has 1 aliphatic rings. The van der Waals surface area contributed by atoms with Gasteiger partial charge in [-0.1, -0.05) is 44.2 Å². The number of H-pyrrole nitrogens is 1. The van der Waals surface area contributed by atoms with Crippen molar-refractivity contribution < 1.29 is 14.6 Å². The van der Waals surface area contributed by atoms with Gasteiger partial charge in [0, 0.05) is 22.3 Å². The minimum absolute atomic E-state index is 0.204. The van der Waals surface area contributed by atoms with Crippen molar-refractivity contribution in [3.05, 3.63) is 64.4 Å². The van der Waals surface area contributed by atoms with Crippen LogP contribution in [0.25, 0.3) is 22.0 Å². The molecule has 0 saturated carbocycles. The number of rotatable bonds is 5. The number of pyridine rings is 1. The van der Waals surface area contributed by atoms with Crippen LogP contribution >= 0.6 is 0 Å². The van der Waals surface area contributed by atoms with Crippen LogP contribution < -0.4 is 10.5 Å². The Morgan fingerprint density at radius 2 is 1.97 bits per heavy atom. The van der Waals surface area contributed by atoms with Crippen LogP contribution in [0, 0.1) is 5.92 Å². The van der Waals surface area contributed by atoms with Crippen LogP contribution in [-0.2, 0) is 11.2 Å². The minimum Gasteiger partial charge on any atom is -0.441 e. The Hall–Kier alpha value is -3.12. The number of ether oxygens (including phenoxy) is 1. The predicted molar refractivity (Wildman–Crippen MR) is 113 cm³/mol. The molecule has 6 nitrogen and oxygen atoms in total. The lowest BCUT2D eigenvalue weighted by Crippen LogP contribution is -2.25. The van der Waals surface area contributed by atoms with Crippen LogP contribution in [0.3, 0.4) is 0 Å². The van der Waals surface area contributed by atoms with E-state index in [2.05, 4.69) is 24.9 Å². The summed E-state index contributed by atoms with van der Waals surface area (Å²) in [6.07, 6.45) is -0.131. The van der Waals surface area contributed by atoms with Gasteiger partial charge in [-0.15, -0.1) is 0 Å². The number of nitrogens with zero attached hydrogens (tertiary/aromatic N) is 1. The number of aromatic amines is 1. The molecule has 0 bridgehead atoms. The fraction of sp³-hybridized carbons (Fsp3) is 0.304. The van der Waals surface area contributed by atoms with E-state index in [0.29, 0.717) is 17.0 Å². The van der Waals surface area contributed by atoms with Crippen molar-refractivity contribution in [1.82, 2.24) is 4.98 Å². The highest BCUT2D eigenvalue weighted by molar-refractivity contribution is 5.94. The van der Waals surface area contributed by atoms with Gasteiger partial charge in [0.1, 0.15) is 6.10 Å². The number of amides is 1. The predicted octanol–water partition coefficient (Wildman–Crippen LogP) is 3.71. The Bertz CT molecular complexity index is 1120. The molecule has 0 spiro atoms. The third-order valence-electron chi connectivity index (χ3n) is 5.15. The maximum atomic E-state index is 12.8. The number of carbonyl (C=O) groups is 1. The van der Waals surface area contributed by atoms with Gasteiger partial charge in [-0.05, 0) is 41.5 Å². The molecule has 0 aliphatic carbocycles. The number of hydrogen-bond acceptors (Lipinski definition) is 4. The number of cyclic esters (lactones) is 1. The SMILES string of the molecule is CC(C)Cc1ccccc1-c1cc2ccc(N3C[C@H](CO)OC3=O)cc2c(=O)[nH]1. The van der Waals surface area contributed by atoms with E-state index in [4.69, 9.17) is 4.74 Å². The molecule has 29 heavy (non-hydrogen) atoms. The van der Waals surface area contributed by atoms with Crippen molar-refractivity contribution in [3.63, 3.8) is 0 Å². The number of nitrogens with one attached hydrogen (secondary N) is 1. The van der Waals surface area contributed by atoms with Gasteiger partial charge >= 0.3 is 6.09 Å². The van der Waals surface area contributed by atoms with Gasteiger partial charge in [0.05, 0.1) is 13.2 Å². The van der Waals surface area contributed by atoms with Crippen LogP contribution in [0.1, 0.15) is 19.4 Å². The highest BCUT2D eigenvalue weighted by atomic mass is 16.6. The third kappa shape index (κ3) is 3.76. The molecule has 3 aromatic rings. The fourth-order valence-electron chi connectivity index (χ4n) is 3.79. The number of aliphatic hydroxyl groups is 1. The van der Waals surface area contributed by atoms with Gasteiger partial charge < -0.3 is 14.8 Å². The molecule has 2 aromatic carbocycles. The van der Waals surface area contributed by atoms with Gasteiger partial charge in [-0.2, -0.15) is 0 Å². The van der Waals surface area contributed by atoms with Crippen LogP contribution in [0.15, 0.2) is 53.3 Å². The van der Waals surface area contributed by atoms with E-state index < -0.39 is 12.2 Å². The molecular weight excluding hydrogens is 368 g/mol. The summed E-state index contributed by atoms with van der Waals surface area (Å²) in [6.45, 7) is 4.38. The fourth-order valence-corrected chi connectivity index (χ4v) is 3.79. The minimum atomic E-state index is -0.545. The molecule has 2 N–H and O–H groups in total. The molecule has 4 rings (SSSR count). The van der Waals surface area contributed by atoms with Gasteiger partial charge in [0.25, 0.3) is 5.56 Å². The number of hydrogen-bond donors (Lipinski definition) is 2. The van der Waals surface area contributed by atoms with Crippen LogP contribution in [0.2, 0.25) is 0 Å². The lowest BCUT2D eigenvalue weighted by molar-refractivity contribution is 0.0963. The Balaban J connectivity index is 1.75. The largest absolute Gasteiger partial charge is 0.441 e. The van der Waals surface area contributed by atoms with Crippen molar-refractivity contribution in [2.45, 2.75) is 26.4 Å². The Labute approximate surface area is 168 Å². The second-order valence-electron chi connectivity index (χ2n) is 7.84. The van der Waals surface area contributed by atoms with E-state index in [0.717, 1.165) is 23.1 Å². The Morgan fingerprint density at radius 1 is 1.17 bits per heavy atom. The summed E-state index contributed by atoms with van der Waals surface area (Å²) >= 11 is 0. The zero-order chi connectivity index (χ0) is 20.5. The van der Waals surface area contributed by atoms with Crippen LogP contribution in [0.4, 0.5) is 10.5 Å². The number of carbonyl (C=O) groups excluding carboxylic acids is 1. The summed E-state index contributed by atoms with van der Waals surface area (Å²) < 4.78 is 5.09. The first-order chi connectivity index (χ1) is 14.0. The third-order valence-corrected chi connectivity index (χ3v) is 5.15. The number of anilines is 1. The second kappa shape index (κ2) is 7.72. The van der Waals surface area contributed by atoms with E-state index >= 15 is 0 Å². The lowest BCUT2D eigenvalue weighted by Gasteiger charge is -2.15. The maximum absolute atomic E-state index is 12.8. The summed E-state index contributed by atoms with van der Waals surface area (Å²) in [6, 6.07) is 15.4. The topological polar surface area (TPSA) is 82.6 Å². The zero-order valence-corrected chi connectivity index (χ0v) is 16.5. The highest BCUT2D eigenvalue weighted by Gasteiger charge is 2.32. The number of aromatic nitrogens is 1. The Kier molecular flexibility index (Phi) is 5.11. The summed E-state index contributed by atoms with van der Waals surface area (Å²) in [7, 11) is 0. The van der Waals surface area contributed by atoms with Crippen molar-refractivity contribution in [2.24, 2.45) is 5.92 Å². The molecule has 1 aromatic heterocycles. The summed E-state index contributed by atoms with van der Waals surface area (Å²) in [5.41, 5.74) is 3.39. The standard InChI is InChI=1S/C23H24N2O4/c1-14(2)9-15-5-3-4-6-19(15)21-10-16-7-8-17(11-20(16)22(27)24-21)25-12-18(13-26)29-23(25)28/h3-8,10-11,14,18,26H,9,12-13H2,1-2H3,(H,24,27)/t18-/m1/s1. The molecule has 1 fully saturated rings. The smallest absolute Gasteiger partial charge is 0.414 e. The molecule has 1 atom stereocenters. The van der Waals surface area contributed by atoms with E-state index in [-0.39, 0.29) is 18.7 Å². The molecule has 0 unspecified atom stereocenters. The molecular formula is C23H24N2O4. The normalized spacial score (nSPS) is 16.6.